The molecular weight excluding hydrogens is 785 g/mol. The van der Waals surface area contributed by atoms with E-state index < -0.39 is 18.4 Å². The fourth-order valence-electron chi connectivity index (χ4n) is 7.31. The van der Waals surface area contributed by atoms with E-state index in [9.17, 15) is 19.5 Å². The van der Waals surface area contributed by atoms with Gasteiger partial charge in [0.2, 0.25) is 0 Å². The molecule has 3 amide bonds. The molecule has 15 nitrogen and oxygen atoms in total. The molecule has 58 heavy (non-hydrogen) atoms. The molecule has 0 bridgehead atoms. The van der Waals surface area contributed by atoms with Crippen molar-refractivity contribution in [2.45, 2.75) is 55.4 Å². The molecule has 3 N–H and O–H groups in total. The van der Waals surface area contributed by atoms with Crippen LogP contribution in [-0.4, -0.2) is 115 Å². The first-order valence-corrected chi connectivity index (χ1v) is 21.2. The Labute approximate surface area is 344 Å². The summed E-state index contributed by atoms with van der Waals surface area (Å²) in [5, 5.41) is 12.4. The minimum Gasteiger partial charge on any atom is -0.493 e. The lowest BCUT2D eigenvalue weighted by Crippen LogP contribution is -2.51. The Morgan fingerprint density at radius 3 is 2.26 bits per heavy atom. The smallest absolute Gasteiger partial charge is 0.416 e. The number of carbonyl (C=O) groups excluding carboxylic acids is 3. The number of fused-ring (bicyclic) bond motifs is 4. The van der Waals surface area contributed by atoms with E-state index in [1.165, 1.54) is 46.8 Å². The first-order valence-electron chi connectivity index (χ1n) is 18.9. The lowest BCUT2D eigenvalue weighted by molar-refractivity contribution is 0.0493. The Bertz CT molecular complexity index is 2120. The number of nitrogens with two attached hydrogens (primary N) is 1. The maximum atomic E-state index is 13.9. The molecule has 3 unspecified atom stereocenters. The van der Waals surface area contributed by atoms with Crippen LogP contribution in [0, 0.1) is 0 Å². The molecule has 2 saturated heterocycles. The average molecular weight is 831 g/mol. The molecule has 4 aliphatic rings. The highest BCUT2D eigenvalue weighted by Gasteiger charge is 2.46. The van der Waals surface area contributed by atoms with Crippen LogP contribution in [0.3, 0.4) is 0 Å². The van der Waals surface area contributed by atoms with Crippen LogP contribution < -0.4 is 29.6 Å². The molecular formula is C41H46N6O9S2. The summed E-state index contributed by atoms with van der Waals surface area (Å²) < 4.78 is 29.1. The first-order chi connectivity index (χ1) is 28.1. The Balaban J connectivity index is 0.969. The van der Waals surface area contributed by atoms with E-state index in [0.717, 1.165) is 27.5 Å². The molecule has 5 heterocycles. The van der Waals surface area contributed by atoms with Crippen molar-refractivity contribution in [1.29, 1.82) is 0 Å². The number of ether oxygens (including phenoxy) is 5. The van der Waals surface area contributed by atoms with Crippen LogP contribution in [0.15, 0.2) is 76.9 Å². The normalized spacial score (nSPS) is 19.6. The molecule has 3 atom stereocenters. The number of methoxy groups -OCH3 is 2. The van der Waals surface area contributed by atoms with Gasteiger partial charge in [0, 0.05) is 37.2 Å². The van der Waals surface area contributed by atoms with E-state index in [1.54, 1.807) is 41.6 Å². The number of hydrogen-bond donors (Lipinski definition) is 2. The number of unbranched alkanes of at least 4 members (excludes halogenated alkanes) is 2. The summed E-state index contributed by atoms with van der Waals surface area (Å²) >= 11 is 0. The van der Waals surface area contributed by atoms with Crippen molar-refractivity contribution in [1.82, 2.24) is 14.8 Å². The largest absolute Gasteiger partial charge is 0.493 e. The third kappa shape index (κ3) is 8.71. The highest BCUT2D eigenvalue weighted by molar-refractivity contribution is 8.76. The second kappa shape index (κ2) is 18.0. The second-order valence-electron chi connectivity index (χ2n) is 14.2. The number of aromatic nitrogens is 1. The summed E-state index contributed by atoms with van der Waals surface area (Å²) in [6.45, 7) is 9.56. The van der Waals surface area contributed by atoms with Crippen LogP contribution in [0.25, 0.3) is 0 Å². The molecule has 306 valence electrons. The van der Waals surface area contributed by atoms with Gasteiger partial charge in [-0.2, -0.15) is 0 Å². The van der Waals surface area contributed by atoms with Gasteiger partial charge >= 0.3 is 6.09 Å². The third-order valence-corrected chi connectivity index (χ3v) is 12.4. The van der Waals surface area contributed by atoms with Crippen molar-refractivity contribution < 1.29 is 43.2 Å². The second-order valence-corrected chi connectivity index (χ2v) is 16.7. The number of benzene rings is 2. The van der Waals surface area contributed by atoms with Gasteiger partial charge in [-0.05, 0) is 67.2 Å². The highest BCUT2D eigenvalue weighted by atomic mass is 33.1. The lowest BCUT2D eigenvalue weighted by Gasteiger charge is -2.31. The lowest BCUT2D eigenvalue weighted by atomic mass is 10.1. The zero-order chi connectivity index (χ0) is 40.9. The summed E-state index contributed by atoms with van der Waals surface area (Å²) in [4.78, 5) is 54.2. The quantitative estimate of drug-likeness (QED) is 0.0994. The van der Waals surface area contributed by atoms with Crippen LogP contribution in [0.5, 0.6) is 23.0 Å². The highest BCUT2D eigenvalue weighted by Crippen LogP contribution is 2.43. The van der Waals surface area contributed by atoms with Crippen LogP contribution in [-0.2, 0) is 4.74 Å². The Kier molecular flexibility index (Phi) is 12.7. The summed E-state index contributed by atoms with van der Waals surface area (Å²) in [6, 6.07) is 9.26. The van der Waals surface area contributed by atoms with Gasteiger partial charge in [-0.3, -0.25) is 14.6 Å². The van der Waals surface area contributed by atoms with Gasteiger partial charge in [0.15, 0.2) is 29.2 Å². The fraction of sp³-hybridized carbons (Fsp3) is 0.390. The van der Waals surface area contributed by atoms with Crippen molar-refractivity contribution in [3.05, 3.63) is 78.0 Å². The maximum Gasteiger partial charge on any atom is 0.416 e. The van der Waals surface area contributed by atoms with E-state index in [-0.39, 0.29) is 42.3 Å². The van der Waals surface area contributed by atoms with Gasteiger partial charge in [0.25, 0.3) is 11.8 Å². The van der Waals surface area contributed by atoms with Crippen LogP contribution in [0.4, 0.5) is 21.9 Å². The first kappa shape index (κ1) is 40.8. The van der Waals surface area contributed by atoms with Gasteiger partial charge in [-0.1, -0.05) is 35.1 Å². The predicted octanol–water partition coefficient (Wildman–Crippen LogP) is 6.28. The number of carbonyl (C=O) groups is 3. The zero-order valence-corrected chi connectivity index (χ0v) is 34.0. The summed E-state index contributed by atoms with van der Waals surface area (Å²) in [6.07, 6.45) is 4.29. The number of nitrogen functional groups attached to an aromatic ring is 1. The molecule has 17 heteroatoms. The molecule has 0 spiro atoms. The number of aliphatic hydroxyl groups is 1. The fourth-order valence-corrected chi connectivity index (χ4v) is 9.00. The number of amides is 3. The van der Waals surface area contributed by atoms with Crippen LogP contribution in [0.1, 0.15) is 52.8 Å². The molecule has 2 aromatic carbocycles. The van der Waals surface area contributed by atoms with Gasteiger partial charge < -0.3 is 44.3 Å². The number of anilines is 2. The van der Waals surface area contributed by atoms with E-state index in [0.29, 0.717) is 91.1 Å². The number of rotatable bonds is 15. The van der Waals surface area contributed by atoms with E-state index in [4.69, 9.17) is 29.4 Å². The van der Waals surface area contributed by atoms with Crippen molar-refractivity contribution in [3.8, 4) is 23.0 Å². The topological polar surface area (TPSA) is 179 Å². The van der Waals surface area contributed by atoms with Gasteiger partial charge in [0.05, 0.1) is 73.9 Å². The van der Waals surface area contributed by atoms with Crippen molar-refractivity contribution >= 4 is 62.8 Å². The summed E-state index contributed by atoms with van der Waals surface area (Å²) in [5.41, 5.74) is 9.39. The Hall–Kier alpha value is -5.39. The third-order valence-electron chi connectivity index (χ3n) is 10.2. The zero-order valence-electron chi connectivity index (χ0n) is 32.4. The SMILES string of the molecule is C=C1CC2C=Nc3cc(OCCCCCOc4cc5c(cc4OC)C(=O)N4CC(=C)CC4C(O)N5C(=O)OCCSSc4ccc(N)cn4)c(OC)cc3C(=O)N2C1. The minimum atomic E-state index is -1.40. The molecule has 1 aromatic heterocycles. The molecule has 4 aliphatic heterocycles. The molecule has 2 fully saturated rings. The summed E-state index contributed by atoms with van der Waals surface area (Å²) in [5.74, 6) is 1.54. The van der Waals surface area contributed by atoms with Crippen molar-refractivity contribution in [2.75, 3.05) is 63.5 Å². The number of aliphatic hydroxyl groups excluding tert-OH is 1. The van der Waals surface area contributed by atoms with Crippen molar-refractivity contribution in [3.63, 3.8) is 0 Å². The maximum absolute atomic E-state index is 13.9. The van der Waals surface area contributed by atoms with E-state index in [2.05, 4.69) is 23.1 Å². The standard InChI is InChI=1S/C41H46N6O9S2/c1-24-14-27-21-43-30-18-35(33(52-3)16-28(30)38(48)45(27)22-24)54-10-6-5-7-11-55-36-19-31-29(17-34(36)53-4)39(49)46-23-25(2)15-32(46)40(50)47(31)41(51)56-12-13-57-58-37-9-8-26(42)20-44-37/h8-9,16-21,27,32,40,50H,1-2,5-7,10-15,22-23,42H2,3-4H3. The minimum absolute atomic E-state index is 0.0467. The Morgan fingerprint density at radius 1 is 0.879 bits per heavy atom. The van der Waals surface area contributed by atoms with Crippen LogP contribution in [0.2, 0.25) is 0 Å². The summed E-state index contributed by atoms with van der Waals surface area (Å²) in [7, 11) is 5.89. The van der Waals surface area contributed by atoms with Crippen LogP contribution >= 0.6 is 21.6 Å². The molecule has 0 aliphatic carbocycles. The molecule has 0 radical (unpaired) electrons. The number of aliphatic imine (C=N–C) groups is 1. The number of nitrogens with zero attached hydrogens (tertiary/aromatic N) is 5. The van der Waals surface area contributed by atoms with Gasteiger partial charge in [0.1, 0.15) is 11.6 Å². The van der Waals surface area contributed by atoms with Gasteiger partial charge in [-0.15, -0.1) is 0 Å². The molecule has 3 aromatic rings. The Morgan fingerprint density at radius 2 is 1.55 bits per heavy atom. The van der Waals surface area contributed by atoms with E-state index >= 15 is 0 Å². The molecule has 7 rings (SSSR count). The molecule has 0 saturated carbocycles. The predicted molar refractivity (Wildman–Crippen MR) is 223 cm³/mol. The average Bonchev–Trinajstić information content (AvgIpc) is 3.76. The number of pyridine rings is 1. The number of hydrogen-bond acceptors (Lipinski definition) is 14. The van der Waals surface area contributed by atoms with E-state index in [1.807, 2.05) is 6.07 Å². The monoisotopic (exact) mass is 830 g/mol. The van der Waals surface area contributed by atoms with Gasteiger partial charge in [-0.25, -0.2) is 14.7 Å². The van der Waals surface area contributed by atoms with Crippen molar-refractivity contribution in [2.24, 2.45) is 4.99 Å².